The summed E-state index contributed by atoms with van der Waals surface area (Å²) in [5.41, 5.74) is 0.291. The number of hydrogen-bond acceptors (Lipinski definition) is 5. The van der Waals surface area contributed by atoms with Gasteiger partial charge in [0.05, 0.1) is 19.8 Å². The van der Waals surface area contributed by atoms with Gasteiger partial charge in [-0.1, -0.05) is 0 Å². The fourth-order valence-corrected chi connectivity index (χ4v) is 4.60. The average Bonchev–Trinajstić information content (AvgIpc) is 2.74. The molecule has 0 atom stereocenters. The van der Waals surface area contributed by atoms with Crippen LogP contribution >= 0.6 is 0 Å². The Morgan fingerprint density at radius 1 is 0.966 bits per heavy atom. The third-order valence-electron chi connectivity index (χ3n) is 4.67. The Hall–Kier alpha value is -2.72. The molecule has 1 amide bonds. The average molecular weight is 426 g/mol. The number of halogens is 2. The number of methoxy groups -OCH3 is 2. The highest BCUT2D eigenvalue weighted by Gasteiger charge is 2.33. The molecule has 0 bridgehead atoms. The summed E-state index contributed by atoms with van der Waals surface area (Å²) in [6, 6.07) is 7.10. The number of sulfonamides is 1. The van der Waals surface area contributed by atoms with Crippen LogP contribution in [0.1, 0.15) is 10.4 Å². The summed E-state index contributed by atoms with van der Waals surface area (Å²) < 4.78 is 64.1. The Kier molecular flexibility index (Phi) is 6.04. The Balaban J connectivity index is 1.77. The van der Waals surface area contributed by atoms with Crippen LogP contribution in [0, 0.1) is 11.6 Å². The number of benzene rings is 2. The molecule has 0 N–H and O–H groups in total. The van der Waals surface area contributed by atoms with Gasteiger partial charge in [0.25, 0.3) is 5.91 Å². The highest BCUT2D eigenvalue weighted by molar-refractivity contribution is 7.89. The quantitative estimate of drug-likeness (QED) is 0.732. The molecule has 1 heterocycles. The maximum atomic E-state index is 13.9. The van der Waals surface area contributed by atoms with Crippen molar-refractivity contribution in [2.45, 2.75) is 4.90 Å². The van der Waals surface area contributed by atoms with E-state index in [9.17, 15) is 22.0 Å². The summed E-state index contributed by atoms with van der Waals surface area (Å²) in [5, 5.41) is 0. The third kappa shape index (κ3) is 4.18. The summed E-state index contributed by atoms with van der Waals surface area (Å²) in [7, 11) is -1.30. The first-order chi connectivity index (χ1) is 13.8. The van der Waals surface area contributed by atoms with Crippen LogP contribution < -0.4 is 9.47 Å². The molecule has 1 aliphatic heterocycles. The van der Waals surface area contributed by atoms with Crippen LogP contribution in [0.2, 0.25) is 0 Å². The molecular weight excluding hydrogens is 406 g/mol. The highest BCUT2D eigenvalue weighted by Crippen LogP contribution is 2.27. The first kappa shape index (κ1) is 21.0. The van der Waals surface area contributed by atoms with Gasteiger partial charge in [-0.25, -0.2) is 17.2 Å². The second kappa shape index (κ2) is 8.34. The van der Waals surface area contributed by atoms with Crippen molar-refractivity contribution in [3.05, 3.63) is 53.6 Å². The fourth-order valence-electron chi connectivity index (χ4n) is 3.10. The van der Waals surface area contributed by atoms with Crippen LogP contribution in [0.3, 0.4) is 0 Å². The van der Waals surface area contributed by atoms with Crippen LogP contribution in [0.4, 0.5) is 8.78 Å². The minimum absolute atomic E-state index is 0.0453. The molecule has 0 aliphatic carbocycles. The zero-order valence-corrected chi connectivity index (χ0v) is 16.7. The van der Waals surface area contributed by atoms with Crippen molar-refractivity contribution in [2.75, 3.05) is 40.4 Å². The lowest BCUT2D eigenvalue weighted by molar-refractivity contribution is 0.0694. The van der Waals surface area contributed by atoms with Crippen molar-refractivity contribution in [3.8, 4) is 11.5 Å². The molecule has 0 saturated carbocycles. The summed E-state index contributed by atoms with van der Waals surface area (Å²) in [5.74, 6) is -1.35. The molecule has 1 fully saturated rings. The molecule has 2 aromatic rings. The number of rotatable bonds is 5. The van der Waals surface area contributed by atoms with Gasteiger partial charge in [-0.3, -0.25) is 4.79 Å². The molecule has 10 heteroatoms. The molecule has 0 unspecified atom stereocenters. The molecule has 2 aromatic carbocycles. The van der Waals surface area contributed by atoms with Gasteiger partial charge in [0, 0.05) is 26.2 Å². The maximum absolute atomic E-state index is 13.9. The third-order valence-corrected chi connectivity index (χ3v) is 6.59. The van der Waals surface area contributed by atoms with E-state index in [-0.39, 0.29) is 32.1 Å². The first-order valence-corrected chi connectivity index (χ1v) is 10.2. The zero-order chi connectivity index (χ0) is 21.2. The van der Waals surface area contributed by atoms with Crippen LogP contribution in [-0.2, 0) is 10.0 Å². The lowest BCUT2D eigenvalue weighted by Crippen LogP contribution is -2.50. The Morgan fingerprint density at radius 2 is 1.66 bits per heavy atom. The first-order valence-electron chi connectivity index (χ1n) is 8.74. The molecule has 0 aromatic heterocycles. The molecule has 7 nitrogen and oxygen atoms in total. The molecule has 1 saturated heterocycles. The van der Waals surface area contributed by atoms with Crippen molar-refractivity contribution >= 4 is 15.9 Å². The molecule has 1 aliphatic rings. The number of nitrogens with zero attached hydrogens (tertiary/aromatic N) is 2. The van der Waals surface area contributed by atoms with Gasteiger partial charge in [-0.05, 0) is 36.4 Å². The largest absolute Gasteiger partial charge is 0.497 e. The number of ether oxygens (including phenoxy) is 2. The topological polar surface area (TPSA) is 76.2 Å². The predicted octanol–water partition coefficient (Wildman–Crippen LogP) is 2.13. The van der Waals surface area contributed by atoms with E-state index in [1.165, 1.54) is 19.1 Å². The van der Waals surface area contributed by atoms with Crippen molar-refractivity contribution < 1.29 is 31.5 Å². The number of carbonyl (C=O) groups excluding carboxylic acids is 1. The summed E-state index contributed by atoms with van der Waals surface area (Å²) >= 11 is 0. The van der Waals surface area contributed by atoms with Crippen molar-refractivity contribution in [3.63, 3.8) is 0 Å². The maximum Gasteiger partial charge on any atom is 0.257 e. The van der Waals surface area contributed by atoms with E-state index in [0.29, 0.717) is 23.1 Å². The van der Waals surface area contributed by atoms with E-state index in [1.807, 2.05) is 0 Å². The molecule has 0 spiro atoms. The highest BCUT2D eigenvalue weighted by atomic mass is 32.2. The SMILES string of the molecule is COc1ccc(OC)c(C(=O)N2CCN(S(=O)(=O)c3cc(F)ccc3F)CC2)c1. The number of carbonyl (C=O) groups is 1. The van der Waals surface area contributed by atoms with Gasteiger partial charge >= 0.3 is 0 Å². The second-order valence-corrected chi connectivity index (χ2v) is 8.24. The van der Waals surface area contributed by atoms with Gasteiger partial charge in [0.15, 0.2) is 0 Å². The minimum Gasteiger partial charge on any atom is -0.497 e. The van der Waals surface area contributed by atoms with Crippen molar-refractivity contribution in [1.82, 2.24) is 9.21 Å². The molecular formula is C19H20F2N2O5S. The second-order valence-electron chi connectivity index (χ2n) is 6.34. The van der Waals surface area contributed by atoms with Crippen molar-refractivity contribution in [1.29, 1.82) is 0 Å². The van der Waals surface area contributed by atoms with E-state index in [2.05, 4.69) is 0 Å². The normalized spacial score (nSPS) is 15.2. The Labute approximate surface area is 167 Å². The Bertz CT molecular complexity index is 1020. The lowest BCUT2D eigenvalue weighted by atomic mass is 10.1. The monoisotopic (exact) mass is 426 g/mol. The van der Waals surface area contributed by atoms with E-state index in [4.69, 9.17) is 9.47 Å². The lowest BCUT2D eigenvalue weighted by Gasteiger charge is -2.34. The minimum atomic E-state index is -4.22. The summed E-state index contributed by atoms with van der Waals surface area (Å²) in [6.45, 7) is 0.0946. The summed E-state index contributed by atoms with van der Waals surface area (Å²) in [4.78, 5) is 13.6. The van der Waals surface area contributed by atoms with Gasteiger partial charge < -0.3 is 14.4 Å². The fraction of sp³-hybridized carbons (Fsp3) is 0.316. The molecule has 156 valence electrons. The van der Waals surface area contributed by atoms with Gasteiger partial charge in [0.1, 0.15) is 28.0 Å². The number of hydrogen-bond donors (Lipinski definition) is 0. The molecule has 3 rings (SSSR count). The van der Waals surface area contributed by atoms with Crippen LogP contribution in [0.15, 0.2) is 41.3 Å². The van der Waals surface area contributed by atoms with Crippen LogP contribution in [-0.4, -0.2) is 63.9 Å². The van der Waals surface area contributed by atoms with Crippen LogP contribution in [0.25, 0.3) is 0 Å². The molecule has 29 heavy (non-hydrogen) atoms. The zero-order valence-electron chi connectivity index (χ0n) is 15.9. The Morgan fingerprint density at radius 3 is 2.28 bits per heavy atom. The van der Waals surface area contributed by atoms with Gasteiger partial charge in [-0.2, -0.15) is 4.31 Å². The van der Waals surface area contributed by atoms with Gasteiger partial charge in [0.2, 0.25) is 10.0 Å². The van der Waals surface area contributed by atoms with E-state index >= 15 is 0 Å². The standard InChI is InChI=1S/C19H20F2N2O5S/c1-27-14-4-6-17(28-2)15(12-14)19(24)22-7-9-23(10-8-22)29(25,26)18-11-13(20)3-5-16(18)21/h3-6,11-12H,7-10H2,1-2H3. The van der Waals surface area contributed by atoms with Gasteiger partial charge in [-0.15, -0.1) is 0 Å². The van der Waals surface area contributed by atoms with Crippen molar-refractivity contribution in [2.24, 2.45) is 0 Å². The van der Waals surface area contributed by atoms with Crippen LogP contribution in [0.5, 0.6) is 11.5 Å². The van der Waals surface area contributed by atoms with E-state index in [1.54, 1.807) is 18.2 Å². The van der Waals surface area contributed by atoms with E-state index in [0.717, 1.165) is 16.4 Å². The predicted molar refractivity (Wildman–Crippen MR) is 101 cm³/mol. The summed E-state index contributed by atoms with van der Waals surface area (Å²) in [6.07, 6.45) is 0. The number of amides is 1. The van der Waals surface area contributed by atoms with E-state index < -0.39 is 26.6 Å². The smallest absolute Gasteiger partial charge is 0.257 e. The molecule has 0 radical (unpaired) electrons. The number of piperazine rings is 1.